The summed E-state index contributed by atoms with van der Waals surface area (Å²) in [6.45, 7) is 2.44. The van der Waals surface area contributed by atoms with Crippen LogP contribution < -0.4 is 15.5 Å². The van der Waals surface area contributed by atoms with Gasteiger partial charge >= 0.3 is 6.09 Å². The Kier molecular flexibility index (Phi) is 6.72. The van der Waals surface area contributed by atoms with Crippen molar-refractivity contribution in [3.8, 4) is 5.75 Å². The number of aryl methyl sites for hydroxylation is 1. The highest BCUT2D eigenvalue weighted by Crippen LogP contribution is 2.26. The summed E-state index contributed by atoms with van der Waals surface area (Å²) >= 11 is 0. The number of nitrogens with zero attached hydrogens (tertiary/aromatic N) is 1. The van der Waals surface area contributed by atoms with Crippen LogP contribution in [0.2, 0.25) is 0 Å². The van der Waals surface area contributed by atoms with Crippen LogP contribution in [0.25, 0.3) is 0 Å². The molecule has 0 fully saturated rings. The molecule has 1 amide bonds. The zero-order valence-electron chi connectivity index (χ0n) is 15.5. The van der Waals surface area contributed by atoms with E-state index in [4.69, 9.17) is 5.11 Å². The summed E-state index contributed by atoms with van der Waals surface area (Å²) in [5.41, 5.74) is 3.92. The van der Waals surface area contributed by atoms with Crippen LogP contribution in [0.4, 0.5) is 16.2 Å². The van der Waals surface area contributed by atoms with Crippen LogP contribution in [0.5, 0.6) is 5.75 Å². The van der Waals surface area contributed by atoms with Crippen molar-refractivity contribution in [3.63, 3.8) is 0 Å². The van der Waals surface area contributed by atoms with Gasteiger partial charge in [0, 0.05) is 32.4 Å². The SMILES string of the molecule is CC(CCc1ccc(NCc2cccc(N(C)C)c2)c(O)c1)NC(=O)O. The number of rotatable bonds is 8. The van der Waals surface area contributed by atoms with Crippen LogP contribution in [0.1, 0.15) is 24.5 Å². The van der Waals surface area contributed by atoms with Gasteiger partial charge in [0.15, 0.2) is 0 Å². The number of carboxylic acid groups (broad SMARTS) is 1. The molecule has 0 aliphatic carbocycles. The second-order valence-electron chi connectivity index (χ2n) is 6.66. The number of aromatic hydroxyl groups is 1. The third kappa shape index (κ3) is 5.88. The van der Waals surface area contributed by atoms with Crippen molar-refractivity contribution in [1.29, 1.82) is 0 Å². The summed E-state index contributed by atoms with van der Waals surface area (Å²) in [7, 11) is 4.01. The van der Waals surface area contributed by atoms with Gasteiger partial charge < -0.3 is 25.7 Å². The summed E-state index contributed by atoms with van der Waals surface area (Å²) in [5.74, 6) is 0.199. The standard InChI is InChI=1S/C20H27N3O3/c1-14(22-20(25)26)7-8-15-9-10-18(19(24)12-15)21-13-16-5-4-6-17(11-16)23(2)3/h4-6,9-12,14,21-22,24H,7-8,13H2,1-3H3,(H,25,26). The first-order valence-electron chi connectivity index (χ1n) is 8.66. The fourth-order valence-corrected chi connectivity index (χ4v) is 2.69. The van der Waals surface area contributed by atoms with Gasteiger partial charge in [0.2, 0.25) is 0 Å². The Hall–Kier alpha value is -2.89. The van der Waals surface area contributed by atoms with Crippen LogP contribution in [0.3, 0.4) is 0 Å². The molecule has 0 aliphatic heterocycles. The Morgan fingerprint density at radius 2 is 1.92 bits per heavy atom. The minimum absolute atomic E-state index is 0.128. The molecule has 4 N–H and O–H groups in total. The van der Waals surface area contributed by atoms with Gasteiger partial charge in [-0.15, -0.1) is 0 Å². The van der Waals surface area contributed by atoms with Gasteiger partial charge in [0.1, 0.15) is 5.75 Å². The van der Waals surface area contributed by atoms with Crippen molar-refractivity contribution < 1.29 is 15.0 Å². The number of anilines is 2. The first kappa shape index (κ1) is 19.4. The zero-order valence-corrected chi connectivity index (χ0v) is 15.5. The maximum atomic E-state index is 10.6. The number of phenolic OH excluding ortho intramolecular Hbond substituents is 1. The van der Waals surface area contributed by atoms with E-state index in [2.05, 4.69) is 27.7 Å². The fourth-order valence-electron chi connectivity index (χ4n) is 2.69. The molecular formula is C20H27N3O3. The van der Waals surface area contributed by atoms with Crippen molar-refractivity contribution >= 4 is 17.5 Å². The van der Waals surface area contributed by atoms with Crippen molar-refractivity contribution in [2.45, 2.75) is 32.4 Å². The molecule has 6 heteroatoms. The van der Waals surface area contributed by atoms with Crippen molar-refractivity contribution in [2.24, 2.45) is 0 Å². The van der Waals surface area contributed by atoms with Gasteiger partial charge in [-0.3, -0.25) is 0 Å². The molecular weight excluding hydrogens is 330 g/mol. The van der Waals surface area contributed by atoms with Crippen LogP contribution in [-0.2, 0) is 13.0 Å². The van der Waals surface area contributed by atoms with Crippen LogP contribution >= 0.6 is 0 Å². The van der Waals surface area contributed by atoms with Gasteiger partial charge in [-0.1, -0.05) is 18.2 Å². The predicted octanol–water partition coefficient (Wildman–Crippen LogP) is 3.66. The van der Waals surface area contributed by atoms with E-state index in [1.807, 2.05) is 45.3 Å². The average Bonchev–Trinajstić information content (AvgIpc) is 2.59. The van der Waals surface area contributed by atoms with Crippen LogP contribution in [-0.4, -0.2) is 36.4 Å². The third-order valence-corrected chi connectivity index (χ3v) is 4.21. The van der Waals surface area contributed by atoms with E-state index in [9.17, 15) is 9.90 Å². The Bertz CT molecular complexity index is 747. The molecule has 6 nitrogen and oxygen atoms in total. The lowest BCUT2D eigenvalue weighted by atomic mass is 10.1. The topological polar surface area (TPSA) is 84.8 Å². The number of hydrogen-bond donors (Lipinski definition) is 4. The molecule has 0 saturated carbocycles. The van der Waals surface area contributed by atoms with Crippen molar-refractivity contribution in [2.75, 3.05) is 24.3 Å². The van der Waals surface area contributed by atoms with Gasteiger partial charge in [-0.25, -0.2) is 4.79 Å². The van der Waals surface area contributed by atoms with E-state index < -0.39 is 6.09 Å². The number of amides is 1. The molecule has 26 heavy (non-hydrogen) atoms. The summed E-state index contributed by atoms with van der Waals surface area (Å²) in [4.78, 5) is 12.7. The summed E-state index contributed by atoms with van der Waals surface area (Å²) in [5, 5.41) is 24.6. The van der Waals surface area contributed by atoms with E-state index >= 15 is 0 Å². The molecule has 1 atom stereocenters. The monoisotopic (exact) mass is 357 g/mol. The van der Waals surface area contributed by atoms with E-state index in [-0.39, 0.29) is 11.8 Å². The second kappa shape index (κ2) is 8.99. The minimum atomic E-state index is -1.02. The maximum absolute atomic E-state index is 10.6. The van der Waals surface area contributed by atoms with Crippen molar-refractivity contribution in [1.82, 2.24) is 5.32 Å². The number of nitrogens with one attached hydrogen (secondary N) is 2. The Morgan fingerprint density at radius 3 is 2.58 bits per heavy atom. The van der Waals surface area contributed by atoms with Crippen molar-refractivity contribution in [3.05, 3.63) is 53.6 Å². The predicted molar refractivity (Wildman–Crippen MR) is 105 cm³/mol. The molecule has 0 bridgehead atoms. The maximum Gasteiger partial charge on any atom is 0.404 e. The molecule has 0 heterocycles. The summed E-state index contributed by atoms with van der Waals surface area (Å²) in [6, 6.07) is 13.6. The molecule has 0 aromatic heterocycles. The first-order chi connectivity index (χ1) is 12.3. The molecule has 0 radical (unpaired) electrons. The zero-order chi connectivity index (χ0) is 19.1. The lowest BCUT2D eigenvalue weighted by Gasteiger charge is -2.15. The summed E-state index contributed by atoms with van der Waals surface area (Å²) < 4.78 is 0. The number of benzene rings is 2. The highest BCUT2D eigenvalue weighted by atomic mass is 16.4. The molecule has 2 aromatic carbocycles. The molecule has 2 aromatic rings. The summed E-state index contributed by atoms with van der Waals surface area (Å²) in [6.07, 6.45) is 0.356. The van der Waals surface area contributed by atoms with Crippen LogP contribution in [0.15, 0.2) is 42.5 Å². The number of phenols is 1. The second-order valence-corrected chi connectivity index (χ2v) is 6.66. The Morgan fingerprint density at radius 1 is 1.15 bits per heavy atom. The first-order valence-corrected chi connectivity index (χ1v) is 8.66. The molecule has 140 valence electrons. The van der Waals surface area contributed by atoms with E-state index in [0.717, 1.165) is 16.8 Å². The van der Waals surface area contributed by atoms with Gasteiger partial charge in [-0.2, -0.15) is 0 Å². The molecule has 2 rings (SSSR count). The van der Waals surface area contributed by atoms with E-state index in [1.165, 1.54) is 0 Å². The molecule has 1 unspecified atom stereocenters. The minimum Gasteiger partial charge on any atom is -0.506 e. The lowest BCUT2D eigenvalue weighted by molar-refractivity contribution is 0.190. The van der Waals surface area contributed by atoms with E-state index in [0.29, 0.717) is 25.1 Å². The van der Waals surface area contributed by atoms with E-state index in [1.54, 1.807) is 6.07 Å². The van der Waals surface area contributed by atoms with Gasteiger partial charge in [-0.05, 0) is 55.2 Å². The lowest BCUT2D eigenvalue weighted by Crippen LogP contribution is -2.31. The average molecular weight is 357 g/mol. The quantitative estimate of drug-likeness (QED) is 0.542. The third-order valence-electron chi connectivity index (χ3n) is 4.21. The smallest absolute Gasteiger partial charge is 0.404 e. The highest BCUT2D eigenvalue weighted by Gasteiger charge is 2.08. The number of hydrogen-bond acceptors (Lipinski definition) is 4. The normalized spacial score (nSPS) is 11.7. The largest absolute Gasteiger partial charge is 0.506 e. The Balaban J connectivity index is 1.93. The Labute approximate surface area is 154 Å². The molecule has 0 aliphatic rings. The van der Waals surface area contributed by atoms with Gasteiger partial charge in [0.25, 0.3) is 0 Å². The molecule has 0 saturated heterocycles. The van der Waals surface area contributed by atoms with Crippen LogP contribution in [0, 0.1) is 0 Å². The fraction of sp³-hybridized carbons (Fsp3) is 0.350. The highest BCUT2D eigenvalue weighted by molar-refractivity contribution is 5.64. The molecule has 0 spiro atoms. The van der Waals surface area contributed by atoms with Gasteiger partial charge in [0.05, 0.1) is 5.69 Å². The number of carbonyl (C=O) groups is 1.